The van der Waals surface area contributed by atoms with Gasteiger partial charge in [0, 0.05) is 43.7 Å². The van der Waals surface area contributed by atoms with Gasteiger partial charge in [0.1, 0.15) is 11.7 Å². The van der Waals surface area contributed by atoms with Crippen LogP contribution in [0.3, 0.4) is 0 Å². The molecular formula is C42H42N6O3. The monoisotopic (exact) mass is 678 g/mol. The van der Waals surface area contributed by atoms with Crippen LogP contribution < -0.4 is 20.9 Å². The lowest BCUT2D eigenvalue weighted by Gasteiger charge is -2.23. The van der Waals surface area contributed by atoms with E-state index in [1.54, 1.807) is 0 Å². The molecule has 1 aromatic heterocycles. The molecule has 9 nitrogen and oxygen atoms in total. The first kappa shape index (κ1) is 33.6. The van der Waals surface area contributed by atoms with Gasteiger partial charge in [-0.25, -0.2) is 4.98 Å². The molecule has 1 aliphatic heterocycles. The molecule has 1 aliphatic rings. The Morgan fingerprint density at radius 2 is 1.43 bits per heavy atom. The second kappa shape index (κ2) is 15.3. The summed E-state index contributed by atoms with van der Waals surface area (Å²) in [5.41, 5.74) is 20.1. The number of amides is 1. The third kappa shape index (κ3) is 7.95. The molecule has 0 fully saturated rings. The Morgan fingerprint density at radius 1 is 0.745 bits per heavy atom. The molecule has 0 saturated carbocycles. The van der Waals surface area contributed by atoms with Crippen molar-refractivity contribution in [2.75, 3.05) is 13.3 Å². The summed E-state index contributed by atoms with van der Waals surface area (Å²) in [6, 6.07) is 38.2. The molecule has 0 spiro atoms. The molecular weight excluding hydrogens is 637 g/mol. The number of fused-ring (bicyclic) bond motifs is 2. The van der Waals surface area contributed by atoms with Gasteiger partial charge >= 0.3 is 0 Å². The molecule has 51 heavy (non-hydrogen) atoms. The standard InChI is InChI=1S/C42H42N6O3/c43-25-31-8-10-32(11-9-31)26-47(22-4-7-29-5-2-1-3-6-29)42(49)35-18-19-37-36(24-35)46-40(21-15-30-12-16-34(17-13-30)41(44)45)48(37)27-33-14-20-38-39(23-33)51-28-50-38/h1-3,5-6,8-14,16-20,23-24H,4,7,15,21-22,25-28,43H2,(H3,44,45). The average molecular weight is 679 g/mol. The van der Waals surface area contributed by atoms with Crippen LogP contribution in [0.25, 0.3) is 11.0 Å². The number of aromatic nitrogens is 2. The Bertz CT molecular complexity index is 2140. The molecule has 5 aromatic carbocycles. The number of nitrogens with one attached hydrogen (secondary N) is 1. The molecule has 258 valence electrons. The lowest BCUT2D eigenvalue weighted by Crippen LogP contribution is -2.31. The van der Waals surface area contributed by atoms with Gasteiger partial charge in [0.15, 0.2) is 11.5 Å². The van der Waals surface area contributed by atoms with Gasteiger partial charge in [-0.15, -0.1) is 0 Å². The van der Waals surface area contributed by atoms with Crippen molar-refractivity contribution in [3.05, 3.63) is 160 Å². The number of carbonyl (C=O) groups is 1. The number of benzene rings is 5. The van der Waals surface area contributed by atoms with E-state index in [0.29, 0.717) is 43.7 Å². The van der Waals surface area contributed by atoms with E-state index < -0.39 is 0 Å². The number of hydrogen-bond acceptors (Lipinski definition) is 6. The van der Waals surface area contributed by atoms with Crippen LogP contribution in [-0.2, 0) is 38.9 Å². The molecule has 0 radical (unpaired) electrons. The van der Waals surface area contributed by atoms with Gasteiger partial charge in [-0.3, -0.25) is 10.2 Å². The number of nitrogens with zero attached hydrogens (tertiary/aromatic N) is 3. The number of ether oxygens (including phenoxy) is 2. The van der Waals surface area contributed by atoms with Crippen molar-refractivity contribution in [1.82, 2.24) is 14.5 Å². The molecule has 1 amide bonds. The largest absolute Gasteiger partial charge is 0.454 e. The van der Waals surface area contributed by atoms with Crippen molar-refractivity contribution in [2.45, 2.75) is 45.3 Å². The second-order valence-electron chi connectivity index (χ2n) is 13.0. The van der Waals surface area contributed by atoms with Crippen LogP contribution >= 0.6 is 0 Å². The van der Waals surface area contributed by atoms with E-state index in [-0.39, 0.29) is 18.5 Å². The summed E-state index contributed by atoms with van der Waals surface area (Å²) in [6.07, 6.45) is 3.18. The van der Waals surface area contributed by atoms with Crippen molar-refractivity contribution >= 4 is 22.8 Å². The lowest BCUT2D eigenvalue weighted by atomic mass is 10.1. The molecule has 0 bridgehead atoms. The predicted octanol–water partition coefficient (Wildman–Crippen LogP) is 6.62. The van der Waals surface area contributed by atoms with Gasteiger partial charge in [0.2, 0.25) is 6.79 Å². The zero-order valence-electron chi connectivity index (χ0n) is 28.6. The lowest BCUT2D eigenvalue weighted by molar-refractivity contribution is 0.0741. The van der Waals surface area contributed by atoms with Crippen molar-refractivity contribution in [1.29, 1.82) is 5.41 Å². The maximum absolute atomic E-state index is 14.3. The Morgan fingerprint density at radius 3 is 2.20 bits per heavy atom. The Balaban J connectivity index is 1.17. The number of amidine groups is 1. The van der Waals surface area contributed by atoms with E-state index in [9.17, 15) is 4.79 Å². The highest BCUT2D eigenvalue weighted by atomic mass is 16.7. The Kier molecular flexibility index (Phi) is 10.1. The molecule has 2 heterocycles. The molecule has 7 rings (SSSR count). The highest BCUT2D eigenvalue weighted by Gasteiger charge is 2.20. The third-order valence-corrected chi connectivity index (χ3v) is 9.41. The number of rotatable bonds is 14. The van der Waals surface area contributed by atoms with Crippen LogP contribution in [0, 0.1) is 5.41 Å². The maximum Gasteiger partial charge on any atom is 0.254 e. The Labute approximate surface area is 298 Å². The topological polar surface area (TPSA) is 132 Å². The van der Waals surface area contributed by atoms with Gasteiger partial charge in [-0.1, -0.05) is 84.9 Å². The minimum Gasteiger partial charge on any atom is -0.454 e. The van der Waals surface area contributed by atoms with Gasteiger partial charge in [0.05, 0.1) is 11.0 Å². The molecule has 9 heteroatoms. The number of carbonyl (C=O) groups excluding carboxylic acids is 1. The molecule has 0 atom stereocenters. The maximum atomic E-state index is 14.3. The van der Waals surface area contributed by atoms with Crippen molar-refractivity contribution in [2.24, 2.45) is 11.5 Å². The zero-order chi connectivity index (χ0) is 35.2. The predicted molar refractivity (Wildman–Crippen MR) is 200 cm³/mol. The fourth-order valence-electron chi connectivity index (χ4n) is 6.56. The first-order valence-electron chi connectivity index (χ1n) is 17.4. The van der Waals surface area contributed by atoms with Crippen LogP contribution in [0.1, 0.15) is 56.0 Å². The van der Waals surface area contributed by atoms with E-state index in [4.69, 9.17) is 31.3 Å². The molecule has 6 aromatic rings. The smallest absolute Gasteiger partial charge is 0.254 e. The number of nitrogens with two attached hydrogens (primary N) is 2. The van der Waals surface area contributed by atoms with Crippen molar-refractivity contribution in [3.8, 4) is 11.5 Å². The van der Waals surface area contributed by atoms with Crippen LogP contribution in [0.15, 0.2) is 115 Å². The number of imidazole rings is 1. The molecule has 5 N–H and O–H groups in total. The van der Waals surface area contributed by atoms with Crippen molar-refractivity contribution < 1.29 is 14.3 Å². The number of aryl methyl sites for hydroxylation is 3. The minimum absolute atomic E-state index is 0.0229. The van der Waals surface area contributed by atoms with E-state index in [2.05, 4.69) is 47.0 Å². The van der Waals surface area contributed by atoms with Crippen LogP contribution in [-0.4, -0.2) is 39.5 Å². The van der Waals surface area contributed by atoms with Gasteiger partial charge in [-0.05, 0) is 77.4 Å². The van der Waals surface area contributed by atoms with E-state index in [0.717, 1.165) is 69.9 Å². The quantitative estimate of drug-likeness (QED) is 0.0877. The minimum atomic E-state index is -0.0229. The second-order valence-corrected chi connectivity index (χ2v) is 13.0. The fraction of sp³-hybridized carbons (Fsp3) is 0.214. The number of nitrogen functional groups attached to an aromatic ring is 1. The van der Waals surface area contributed by atoms with Crippen LogP contribution in [0.5, 0.6) is 11.5 Å². The molecule has 0 unspecified atom stereocenters. The molecule has 0 aliphatic carbocycles. The highest BCUT2D eigenvalue weighted by Crippen LogP contribution is 2.33. The first-order chi connectivity index (χ1) is 24.9. The zero-order valence-corrected chi connectivity index (χ0v) is 28.6. The van der Waals surface area contributed by atoms with E-state index >= 15 is 0 Å². The third-order valence-electron chi connectivity index (χ3n) is 9.41. The normalized spacial score (nSPS) is 11.9. The van der Waals surface area contributed by atoms with Crippen LogP contribution in [0.4, 0.5) is 0 Å². The highest BCUT2D eigenvalue weighted by molar-refractivity contribution is 5.97. The van der Waals surface area contributed by atoms with E-state index in [1.807, 2.05) is 77.7 Å². The van der Waals surface area contributed by atoms with Crippen LogP contribution in [0.2, 0.25) is 0 Å². The first-order valence-corrected chi connectivity index (χ1v) is 17.4. The van der Waals surface area contributed by atoms with Gasteiger partial charge in [0.25, 0.3) is 5.91 Å². The Hall–Kier alpha value is -5.93. The summed E-state index contributed by atoms with van der Waals surface area (Å²) >= 11 is 0. The summed E-state index contributed by atoms with van der Waals surface area (Å²) in [7, 11) is 0. The summed E-state index contributed by atoms with van der Waals surface area (Å²) in [4.78, 5) is 21.3. The summed E-state index contributed by atoms with van der Waals surface area (Å²) in [5, 5.41) is 7.72. The summed E-state index contributed by atoms with van der Waals surface area (Å²) < 4.78 is 13.4. The summed E-state index contributed by atoms with van der Waals surface area (Å²) in [5.74, 6) is 2.43. The van der Waals surface area contributed by atoms with Gasteiger partial charge in [-0.2, -0.15) is 0 Å². The van der Waals surface area contributed by atoms with Crippen molar-refractivity contribution in [3.63, 3.8) is 0 Å². The summed E-state index contributed by atoms with van der Waals surface area (Å²) in [6.45, 7) is 2.41. The molecule has 0 saturated heterocycles. The number of hydrogen-bond donors (Lipinski definition) is 3. The van der Waals surface area contributed by atoms with E-state index in [1.165, 1.54) is 5.56 Å². The SMILES string of the molecule is N=C(N)c1ccc(CCc2nc3cc(C(=O)N(CCCc4ccccc4)Cc4ccc(CN)cc4)ccc3n2Cc2ccc3c(c2)OCO3)cc1. The fourth-order valence-corrected chi connectivity index (χ4v) is 6.56. The average Bonchev–Trinajstić information content (AvgIpc) is 3.78. The van der Waals surface area contributed by atoms with Gasteiger partial charge < -0.3 is 30.4 Å².